The molecule has 1 aromatic heterocycles. The lowest BCUT2D eigenvalue weighted by molar-refractivity contribution is 0.185. The van der Waals surface area contributed by atoms with E-state index in [0.29, 0.717) is 24.4 Å². The standard InChI is InChI=1S/C26H34N4O2/c1-4-14-27-17-20-8-10-21(11-9-20)25-28-26(32-29-25)22-12-13-24(23(16-22)18-31-3)30-15-6-5-7-19(30)2/h8-13,16,19,27H,4-7,14-15,17-18H2,1-3H3/t19-/m1/s1. The number of nitrogens with one attached hydrogen (secondary N) is 1. The molecule has 2 heterocycles. The van der Waals surface area contributed by atoms with Crippen molar-refractivity contribution < 1.29 is 9.26 Å². The average Bonchev–Trinajstić information content (AvgIpc) is 3.31. The van der Waals surface area contributed by atoms with E-state index in [1.165, 1.54) is 30.5 Å². The van der Waals surface area contributed by atoms with Crippen LogP contribution in [0.4, 0.5) is 5.69 Å². The third-order valence-electron chi connectivity index (χ3n) is 6.13. The lowest BCUT2D eigenvalue weighted by Gasteiger charge is -2.36. The van der Waals surface area contributed by atoms with E-state index in [1.54, 1.807) is 7.11 Å². The molecule has 0 radical (unpaired) electrons. The van der Waals surface area contributed by atoms with E-state index in [0.717, 1.165) is 42.7 Å². The van der Waals surface area contributed by atoms with Crippen molar-refractivity contribution in [2.24, 2.45) is 0 Å². The van der Waals surface area contributed by atoms with Crippen molar-refractivity contribution in [2.75, 3.05) is 25.1 Å². The Morgan fingerprint density at radius 3 is 2.69 bits per heavy atom. The molecule has 1 fully saturated rings. The zero-order chi connectivity index (χ0) is 22.3. The molecule has 0 unspecified atom stereocenters. The monoisotopic (exact) mass is 434 g/mol. The van der Waals surface area contributed by atoms with Crippen molar-refractivity contribution in [3.63, 3.8) is 0 Å². The highest BCUT2D eigenvalue weighted by atomic mass is 16.5. The number of methoxy groups -OCH3 is 1. The first kappa shape index (κ1) is 22.5. The molecule has 0 amide bonds. The van der Waals surface area contributed by atoms with Crippen LogP contribution in [0.25, 0.3) is 22.8 Å². The number of piperidine rings is 1. The lowest BCUT2D eigenvalue weighted by atomic mass is 10.00. The van der Waals surface area contributed by atoms with Crippen LogP contribution in [0.1, 0.15) is 50.7 Å². The van der Waals surface area contributed by atoms with E-state index in [9.17, 15) is 0 Å². The van der Waals surface area contributed by atoms with Crippen LogP contribution >= 0.6 is 0 Å². The predicted octanol–water partition coefficient (Wildman–Crippen LogP) is 5.43. The molecular weight excluding hydrogens is 400 g/mol. The zero-order valence-electron chi connectivity index (χ0n) is 19.4. The van der Waals surface area contributed by atoms with Crippen molar-refractivity contribution >= 4 is 5.69 Å². The summed E-state index contributed by atoms with van der Waals surface area (Å²) in [7, 11) is 1.74. The molecular formula is C26H34N4O2. The van der Waals surface area contributed by atoms with Gasteiger partial charge in [-0.1, -0.05) is 36.3 Å². The zero-order valence-corrected chi connectivity index (χ0v) is 19.4. The Bertz CT molecular complexity index is 999. The molecule has 0 spiro atoms. The van der Waals surface area contributed by atoms with Crippen molar-refractivity contribution in [1.82, 2.24) is 15.5 Å². The number of hydrogen-bond acceptors (Lipinski definition) is 6. The van der Waals surface area contributed by atoms with Gasteiger partial charge < -0.3 is 19.5 Å². The normalized spacial score (nSPS) is 16.5. The molecule has 6 heteroatoms. The minimum Gasteiger partial charge on any atom is -0.380 e. The number of nitrogens with zero attached hydrogens (tertiary/aromatic N) is 3. The molecule has 0 aliphatic carbocycles. The third kappa shape index (κ3) is 5.19. The number of ether oxygens (including phenoxy) is 1. The fraction of sp³-hybridized carbons (Fsp3) is 0.462. The minimum absolute atomic E-state index is 0.532. The molecule has 0 saturated carbocycles. The molecule has 1 aliphatic heterocycles. The highest BCUT2D eigenvalue weighted by molar-refractivity contribution is 5.66. The Balaban J connectivity index is 1.53. The quantitative estimate of drug-likeness (QED) is 0.453. The van der Waals surface area contributed by atoms with E-state index in [-0.39, 0.29) is 0 Å². The molecule has 1 saturated heterocycles. The molecule has 1 aliphatic rings. The molecule has 3 aromatic rings. The highest BCUT2D eigenvalue weighted by Crippen LogP contribution is 2.32. The van der Waals surface area contributed by atoms with Crippen LogP contribution in [-0.2, 0) is 17.9 Å². The maximum Gasteiger partial charge on any atom is 0.258 e. The van der Waals surface area contributed by atoms with Gasteiger partial charge in [0.2, 0.25) is 5.82 Å². The van der Waals surface area contributed by atoms with Gasteiger partial charge in [-0.3, -0.25) is 0 Å². The van der Waals surface area contributed by atoms with Crippen molar-refractivity contribution in [3.8, 4) is 22.8 Å². The molecule has 1 N–H and O–H groups in total. The second-order valence-electron chi connectivity index (χ2n) is 8.61. The molecule has 170 valence electrons. The number of anilines is 1. The van der Waals surface area contributed by atoms with E-state index < -0.39 is 0 Å². The van der Waals surface area contributed by atoms with Gasteiger partial charge in [-0.2, -0.15) is 4.98 Å². The van der Waals surface area contributed by atoms with Gasteiger partial charge in [-0.15, -0.1) is 0 Å². The Kier molecular flexibility index (Phi) is 7.55. The van der Waals surface area contributed by atoms with Crippen LogP contribution in [0.3, 0.4) is 0 Å². The van der Waals surface area contributed by atoms with Gasteiger partial charge in [-0.05, 0) is 62.9 Å². The largest absolute Gasteiger partial charge is 0.380 e. The van der Waals surface area contributed by atoms with Gasteiger partial charge in [0.25, 0.3) is 5.89 Å². The Labute approximate surface area is 191 Å². The molecule has 0 bridgehead atoms. The number of rotatable bonds is 9. The van der Waals surface area contributed by atoms with Crippen LogP contribution in [0.2, 0.25) is 0 Å². The lowest BCUT2D eigenvalue weighted by Crippen LogP contribution is -2.38. The van der Waals surface area contributed by atoms with Crippen LogP contribution in [0, 0.1) is 0 Å². The first-order valence-corrected chi connectivity index (χ1v) is 11.7. The van der Waals surface area contributed by atoms with Crippen LogP contribution < -0.4 is 10.2 Å². The van der Waals surface area contributed by atoms with Crippen LogP contribution in [0.15, 0.2) is 47.0 Å². The number of aromatic nitrogens is 2. The topological polar surface area (TPSA) is 63.4 Å². The summed E-state index contributed by atoms with van der Waals surface area (Å²) in [6.45, 7) is 8.02. The summed E-state index contributed by atoms with van der Waals surface area (Å²) in [5.74, 6) is 1.14. The van der Waals surface area contributed by atoms with Gasteiger partial charge >= 0.3 is 0 Å². The van der Waals surface area contributed by atoms with Crippen molar-refractivity contribution in [1.29, 1.82) is 0 Å². The van der Waals surface area contributed by atoms with E-state index in [2.05, 4.69) is 76.7 Å². The molecule has 2 aromatic carbocycles. The highest BCUT2D eigenvalue weighted by Gasteiger charge is 2.22. The summed E-state index contributed by atoms with van der Waals surface area (Å²) < 4.78 is 11.1. The summed E-state index contributed by atoms with van der Waals surface area (Å²) >= 11 is 0. The Morgan fingerprint density at radius 1 is 1.12 bits per heavy atom. The van der Waals surface area contributed by atoms with Gasteiger partial charge in [-0.25, -0.2) is 0 Å². The van der Waals surface area contributed by atoms with Gasteiger partial charge in [0.15, 0.2) is 0 Å². The SMILES string of the molecule is CCCNCc1ccc(-c2noc(-c3ccc(N4CCCC[C@H]4C)c(COC)c3)n2)cc1. The van der Waals surface area contributed by atoms with Gasteiger partial charge in [0.1, 0.15) is 0 Å². The van der Waals surface area contributed by atoms with Crippen LogP contribution in [-0.4, -0.2) is 36.4 Å². The minimum atomic E-state index is 0.532. The summed E-state index contributed by atoms with van der Waals surface area (Å²) in [5, 5.41) is 7.64. The summed E-state index contributed by atoms with van der Waals surface area (Å²) in [5.41, 5.74) is 5.52. The molecule has 6 nitrogen and oxygen atoms in total. The van der Waals surface area contributed by atoms with Gasteiger partial charge in [0, 0.05) is 48.6 Å². The maximum atomic E-state index is 5.63. The smallest absolute Gasteiger partial charge is 0.258 e. The summed E-state index contributed by atoms with van der Waals surface area (Å²) in [6, 6.07) is 15.2. The van der Waals surface area contributed by atoms with E-state index in [1.807, 2.05) is 0 Å². The third-order valence-corrected chi connectivity index (χ3v) is 6.13. The van der Waals surface area contributed by atoms with Gasteiger partial charge in [0.05, 0.1) is 6.61 Å². The molecule has 4 rings (SSSR count). The fourth-order valence-corrected chi connectivity index (χ4v) is 4.37. The Hall–Kier alpha value is -2.70. The van der Waals surface area contributed by atoms with E-state index in [4.69, 9.17) is 9.26 Å². The molecule has 32 heavy (non-hydrogen) atoms. The first-order chi connectivity index (χ1) is 15.7. The fourth-order valence-electron chi connectivity index (χ4n) is 4.37. The maximum absolute atomic E-state index is 5.63. The predicted molar refractivity (Wildman–Crippen MR) is 129 cm³/mol. The van der Waals surface area contributed by atoms with Crippen molar-refractivity contribution in [2.45, 2.75) is 58.7 Å². The average molecular weight is 435 g/mol. The van der Waals surface area contributed by atoms with E-state index >= 15 is 0 Å². The second kappa shape index (κ2) is 10.7. The van der Waals surface area contributed by atoms with Crippen molar-refractivity contribution in [3.05, 3.63) is 53.6 Å². The number of hydrogen-bond donors (Lipinski definition) is 1. The summed E-state index contributed by atoms with van der Waals surface area (Å²) in [4.78, 5) is 7.16. The Morgan fingerprint density at radius 2 is 1.94 bits per heavy atom. The summed E-state index contributed by atoms with van der Waals surface area (Å²) in [6.07, 6.45) is 4.90. The van der Waals surface area contributed by atoms with Crippen LogP contribution in [0.5, 0.6) is 0 Å². The first-order valence-electron chi connectivity index (χ1n) is 11.7. The second-order valence-corrected chi connectivity index (χ2v) is 8.61. The molecule has 1 atom stereocenters. The number of benzene rings is 2.